The van der Waals surface area contributed by atoms with E-state index in [4.69, 9.17) is 9.47 Å². The molecule has 7 heteroatoms. The third-order valence-corrected chi connectivity index (χ3v) is 4.38. The minimum absolute atomic E-state index is 0.169. The number of hydrogen-bond acceptors (Lipinski definition) is 6. The molecule has 0 aliphatic heterocycles. The summed E-state index contributed by atoms with van der Waals surface area (Å²) in [4.78, 5) is 17.8. The van der Waals surface area contributed by atoms with Gasteiger partial charge < -0.3 is 9.47 Å². The summed E-state index contributed by atoms with van der Waals surface area (Å²) in [5.74, 6) is 0.550. The van der Waals surface area contributed by atoms with Crippen LogP contribution in [-0.2, 0) is 4.74 Å². The Balaban J connectivity index is 1.66. The summed E-state index contributed by atoms with van der Waals surface area (Å²) in [5, 5.41) is 5.42. The topological polar surface area (TPSA) is 51.7 Å². The Kier molecular flexibility index (Phi) is 4.67. The van der Waals surface area contributed by atoms with E-state index in [-0.39, 0.29) is 6.79 Å². The molecule has 1 amide bonds. The van der Waals surface area contributed by atoms with E-state index in [9.17, 15) is 4.79 Å². The number of thiophene rings is 2. The van der Waals surface area contributed by atoms with E-state index in [1.165, 1.54) is 27.6 Å². The molecule has 3 aromatic heterocycles. The first-order valence-electron chi connectivity index (χ1n) is 6.41. The Hall–Kier alpha value is -2.38. The molecular weight excluding hydrogens is 320 g/mol. The Morgan fingerprint density at radius 1 is 1.09 bits per heavy atom. The zero-order valence-electron chi connectivity index (χ0n) is 11.4. The molecule has 112 valence electrons. The normalized spacial score (nSPS) is 10.2. The number of rotatable bonds is 5. The van der Waals surface area contributed by atoms with Crippen molar-refractivity contribution in [3.05, 3.63) is 59.6 Å². The summed E-state index contributed by atoms with van der Waals surface area (Å²) in [6, 6.07) is 11.0. The average molecular weight is 332 g/mol. The van der Waals surface area contributed by atoms with Gasteiger partial charge in [0, 0.05) is 6.20 Å². The fourth-order valence-corrected chi connectivity index (χ4v) is 3.25. The predicted molar refractivity (Wildman–Crippen MR) is 87.0 cm³/mol. The number of carbonyl (C=O) groups is 1. The van der Waals surface area contributed by atoms with Gasteiger partial charge in [0.1, 0.15) is 15.8 Å². The lowest BCUT2D eigenvalue weighted by molar-refractivity contribution is 0.0656. The third-order valence-electron chi connectivity index (χ3n) is 2.68. The summed E-state index contributed by atoms with van der Waals surface area (Å²) in [7, 11) is 0. The molecule has 0 aliphatic rings. The van der Waals surface area contributed by atoms with E-state index in [1.807, 2.05) is 35.0 Å². The molecule has 3 aromatic rings. The van der Waals surface area contributed by atoms with Gasteiger partial charge in [0.25, 0.3) is 0 Å². The number of amides is 1. The molecule has 0 fully saturated rings. The first kappa shape index (κ1) is 14.6. The Labute approximate surface area is 135 Å². The zero-order valence-corrected chi connectivity index (χ0v) is 13.0. The molecule has 0 N–H and O–H groups in total. The molecule has 0 spiro atoms. The van der Waals surface area contributed by atoms with Crippen molar-refractivity contribution in [2.75, 3.05) is 11.7 Å². The van der Waals surface area contributed by atoms with Gasteiger partial charge in [-0.3, -0.25) is 4.98 Å². The van der Waals surface area contributed by atoms with Crippen molar-refractivity contribution in [3.63, 3.8) is 0 Å². The van der Waals surface area contributed by atoms with Crippen molar-refractivity contribution in [1.29, 1.82) is 0 Å². The molecule has 0 saturated carbocycles. The lowest BCUT2D eigenvalue weighted by Gasteiger charge is -2.18. The summed E-state index contributed by atoms with van der Waals surface area (Å²) in [5.41, 5.74) is 0. The van der Waals surface area contributed by atoms with Gasteiger partial charge in [-0.05, 0) is 47.2 Å². The minimum atomic E-state index is -0.478. The second-order valence-corrected chi connectivity index (χ2v) is 5.95. The molecule has 0 bridgehead atoms. The molecule has 0 radical (unpaired) electrons. The van der Waals surface area contributed by atoms with Crippen molar-refractivity contribution >= 4 is 38.8 Å². The number of hydrogen-bond donors (Lipinski definition) is 0. The van der Waals surface area contributed by atoms with Crippen molar-refractivity contribution in [3.8, 4) is 5.75 Å². The number of ether oxygens (including phenoxy) is 2. The highest BCUT2D eigenvalue weighted by molar-refractivity contribution is 7.16. The predicted octanol–water partition coefficient (Wildman–Crippen LogP) is 4.52. The molecule has 3 rings (SSSR count). The minimum Gasteiger partial charge on any atom is -0.456 e. The van der Waals surface area contributed by atoms with Gasteiger partial charge in [0.05, 0.1) is 6.20 Å². The van der Waals surface area contributed by atoms with Gasteiger partial charge in [0.15, 0.2) is 0 Å². The summed E-state index contributed by atoms with van der Waals surface area (Å²) in [6.07, 6.45) is 2.73. The quantitative estimate of drug-likeness (QED) is 0.645. The molecule has 5 nitrogen and oxygen atoms in total. The van der Waals surface area contributed by atoms with Crippen LogP contribution in [0.15, 0.2) is 59.6 Å². The second kappa shape index (κ2) is 7.06. The highest BCUT2D eigenvalue weighted by Gasteiger charge is 2.21. The maximum absolute atomic E-state index is 12.4. The van der Waals surface area contributed by atoms with Crippen LogP contribution in [0.2, 0.25) is 0 Å². The van der Waals surface area contributed by atoms with Gasteiger partial charge in [-0.25, -0.2) is 9.69 Å². The van der Waals surface area contributed by atoms with E-state index >= 15 is 0 Å². The number of anilines is 2. The molecule has 0 aromatic carbocycles. The Morgan fingerprint density at radius 2 is 1.82 bits per heavy atom. The van der Waals surface area contributed by atoms with Crippen molar-refractivity contribution in [1.82, 2.24) is 4.98 Å². The SMILES string of the molecule is O=C(OCOc1cccnc1)N(c1cccs1)c1cccs1. The summed E-state index contributed by atoms with van der Waals surface area (Å²) in [6.45, 7) is -0.169. The van der Waals surface area contributed by atoms with Gasteiger partial charge in [-0.2, -0.15) is 0 Å². The van der Waals surface area contributed by atoms with Crippen LogP contribution in [0.4, 0.5) is 14.8 Å². The fourth-order valence-electron chi connectivity index (χ4n) is 1.73. The van der Waals surface area contributed by atoms with Crippen molar-refractivity contribution < 1.29 is 14.3 Å². The van der Waals surface area contributed by atoms with Crippen LogP contribution < -0.4 is 9.64 Å². The first-order chi connectivity index (χ1) is 10.8. The van der Waals surface area contributed by atoms with Crippen LogP contribution in [0.5, 0.6) is 5.75 Å². The number of nitrogens with zero attached hydrogens (tertiary/aromatic N) is 2. The molecule has 0 atom stereocenters. The second-order valence-electron chi connectivity index (χ2n) is 4.10. The van der Waals surface area contributed by atoms with E-state index in [1.54, 1.807) is 24.5 Å². The van der Waals surface area contributed by atoms with E-state index in [2.05, 4.69) is 4.98 Å². The Bertz CT molecular complexity index is 665. The maximum Gasteiger partial charge on any atom is 0.423 e. The van der Waals surface area contributed by atoms with Crippen molar-refractivity contribution in [2.24, 2.45) is 0 Å². The van der Waals surface area contributed by atoms with E-state index in [0.717, 1.165) is 10.0 Å². The molecule has 3 heterocycles. The van der Waals surface area contributed by atoms with Crippen molar-refractivity contribution in [2.45, 2.75) is 0 Å². The number of pyridine rings is 1. The number of carbonyl (C=O) groups excluding carboxylic acids is 1. The standard InChI is InChI=1S/C15H12N2O3S2/c18-15(20-11-19-12-4-1-7-16-10-12)17(13-5-2-8-21-13)14-6-3-9-22-14/h1-10H,11H2. The Morgan fingerprint density at radius 3 is 2.36 bits per heavy atom. The molecule has 22 heavy (non-hydrogen) atoms. The highest BCUT2D eigenvalue weighted by atomic mass is 32.1. The van der Waals surface area contributed by atoms with Gasteiger partial charge >= 0.3 is 6.09 Å². The van der Waals surface area contributed by atoms with Gasteiger partial charge in [-0.15, -0.1) is 22.7 Å². The summed E-state index contributed by atoms with van der Waals surface area (Å²) < 4.78 is 10.5. The van der Waals surface area contributed by atoms with Gasteiger partial charge in [-0.1, -0.05) is 0 Å². The zero-order chi connectivity index (χ0) is 15.2. The third kappa shape index (κ3) is 3.44. The van der Waals surface area contributed by atoms with E-state index < -0.39 is 6.09 Å². The van der Waals surface area contributed by atoms with Crippen LogP contribution in [0, 0.1) is 0 Å². The summed E-state index contributed by atoms with van der Waals surface area (Å²) >= 11 is 2.94. The number of aromatic nitrogens is 1. The lowest BCUT2D eigenvalue weighted by atomic mass is 10.5. The largest absolute Gasteiger partial charge is 0.456 e. The first-order valence-corrected chi connectivity index (χ1v) is 8.17. The van der Waals surface area contributed by atoms with Crippen LogP contribution in [0.25, 0.3) is 0 Å². The smallest absolute Gasteiger partial charge is 0.423 e. The van der Waals surface area contributed by atoms with E-state index in [0.29, 0.717) is 5.75 Å². The average Bonchev–Trinajstić information content (AvgIpc) is 3.23. The molecule has 0 unspecified atom stereocenters. The van der Waals surface area contributed by atoms with Crippen LogP contribution >= 0.6 is 22.7 Å². The maximum atomic E-state index is 12.4. The van der Waals surface area contributed by atoms with Crippen LogP contribution in [-0.4, -0.2) is 17.9 Å². The molecule has 0 aliphatic carbocycles. The monoisotopic (exact) mass is 332 g/mol. The molecule has 0 saturated heterocycles. The van der Waals surface area contributed by atoms with Crippen LogP contribution in [0.1, 0.15) is 0 Å². The fraction of sp³-hybridized carbons (Fsp3) is 0.0667. The van der Waals surface area contributed by atoms with Crippen LogP contribution in [0.3, 0.4) is 0 Å². The highest BCUT2D eigenvalue weighted by Crippen LogP contribution is 2.33. The lowest BCUT2D eigenvalue weighted by Crippen LogP contribution is -2.26. The van der Waals surface area contributed by atoms with Gasteiger partial charge in [0.2, 0.25) is 6.79 Å². The molecular formula is C15H12N2O3S2.